The van der Waals surface area contributed by atoms with Crippen molar-refractivity contribution in [2.24, 2.45) is 11.8 Å². The Bertz CT molecular complexity index is 401. The molecule has 1 rings (SSSR count). The molecule has 21 heavy (non-hydrogen) atoms. The molecular formula is C13H21F3N2O3. The van der Waals surface area contributed by atoms with Crippen molar-refractivity contribution in [3.8, 4) is 0 Å². The number of aliphatic carboxylic acids is 1. The first-order chi connectivity index (χ1) is 9.51. The summed E-state index contributed by atoms with van der Waals surface area (Å²) in [6.45, 7) is 3.48. The van der Waals surface area contributed by atoms with Gasteiger partial charge in [-0.15, -0.1) is 0 Å². The zero-order valence-electron chi connectivity index (χ0n) is 12.4. The Labute approximate surface area is 121 Å². The van der Waals surface area contributed by atoms with E-state index in [9.17, 15) is 22.8 Å². The van der Waals surface area contributed by atoms with E-state index in [0.29, 0.717) is 11.4 Å². The number of piperidine rings is 1. The third-order valence-electron chi connectivity index (χ3n) is 3.81. The van der Waals surface area contributed by atoms with Gasteiger partial charge in [-0.1, -0.05) is 13.8 Å². The van der Waals surface area contributed by atoms with Crippen molar-refractivity contribution >= 4 is 12.0 Å². The summed E-state index contributed by atoms with van der Waals surface area (Å²) in [6.07, 6.45) is -3.73. The molecule has 0 bridgehead atoms. The summed E-state index contributed by atoms with van der Waals surface area (Å²) in [5, 5.41) is 8.72. The maximum Gasteiger partial charge on any atom is 0.406 e. The minimum absolute atomic E-state index is 0.162. The summed E-state index contributed by atoms with van der Waals surface area (Å²) in [6, 6.07) is -1.07. The fraction of sp³-hybridized carbons (Fsp3) is 0.846. The lowest BCUT2D eigenvalue weighted by atomic mass is 9.86. The van der Waals surface area contributed by atoms with Crippen LogP contribution < -0.4 is 0 Å². The molecule has 2 amide bonds. The minimum atomic E-state index is -4.62. The van der Waals surface area contributed by atoms with Gasteiger partial charge in [0, 0.05) is 12.6 Å². The molecule has 0 aromatic carbocycles. The Balaban J connectivity index is 2.90. The van der Waals surface area contributed by atoms with E-state index in [1.54, 1.807) is 6.92 Å². The average Bonchev–Trinajstić information content (AvgIpc) is 2.29. The summed E-state index contributed by atoms with van der Waals surface area (Å²) in [5.41, 5.74) is 0. The van der Waals surface area contributed by atoms with E-state index < -0.39 is 31.3 Å². The third kappa shape index (κ3) is 5.09. The van der Waals surface area contributed by atoms with Gasteiger partial charge in [0.1, 0.15) is 13.1 Å². The van der Waals surface area contributed by atoms with Crippen LogP contribution in [0.15, 0.2) is 0 Å². The van der Waals surface area contributed by atoms with Crippen LogP contribution in [0.5, 0.6) is 0 Å². The molecule has 1 heterocycles. The van der Waals surface area contributed by atoms with E-state index in [4.69, 9.17) is 5.11 Å². The molecule has 0 radical (unpaired) electrons. The Morgan fingerprint density at radius 3 is 2.33 bits per heavy atom. The number of hydrogen-bond donors (Lipinski definition) is 1. The molecule has 1 aliphatic rings. The molecule has 1 N–H and O–H groups in total. The monoisotopic (exact) mass is 310 g/mol. The van der Waals surface area contributed by atoms with Gasteiger partial charge in [-0.05, 0) is 25.2 Å². The molecule has 122 valence electrons. The lowest BCUT2D eigenvalue weighted by Crippen LogP contribution is -2.56. The van der Waals surface area contributed by atoms with Crippen LogP contribution in [0.4, 0.5) is 18.0 Å². The number of halogens is 3. The third-order valence-corrected chi connectivity index (χ3v) is 3.81. The molecular weight excluding hydrogens is 289 g/mol. The van der Waals surface area contributed by atoms with Crippen molar-refractivity contribution in [3.63, 3.8) is 0 Å². The smallest absolute Gasteiger partial charge is 0.406 e. The quantitative estimate of drug-likeness (QED) is 0.871. The van der Waals surface area contributed by atoms with Gasteiger partial charge >= 0.3 is 18.2 Å². The standard InChI is InChI=1S/C13H21F3N2O3/c1-8-4-9(2)10(3)18(5-8)12(21)17(6-11(19)20)7-13(14,15)16/h8-10H,4-7H2,1-3H3,(H,19,20). The first kappa shape index (κ1) is 17.6. The number of carbonyl (C=O) groups is 2. The normalized spacial score (nSPS) is 26.6. The number of urea groups is 1. The van der Waals surface area contributed by atoms with Gasteiger partial charge in [-0.3, -0.25) is 4.79 Å². The van der Waals surface area contributed by atoms with E-state index in [-0.39, 0.29) is 17.9 Å². The molecule has 3 atom stereocenters. The van der Waals surface area contributed by atoms with Crippen LogP contribution in [-0.2, 0) is 4.79 Å². The predicted octanol–water partition coefficient (Wildman–Crippen LogP) is 2.42. The molecule has 1 fully saturated rings. The zero-order chi connectivity index (χ0) is 16.4. The molecule has 0 spiro atoms. The zero-order valence-corrected chi connectivity index (χ0v) is 12.4. The van der Waals surface area contributed by atoms with Crippen molar-refractivity contribution in [3.05, 3.63) is 0 Å². The molecule has 1 aliphatic heterocycles. The van der Waals surface area contributed by atoms with E-state index in [1.807, 2.05) is 13.8 Å². The number of carboxylic acids is 1. The highest BCUT2D eigenvalue weighted by molar-refractivity contribution is 5.80. The molecule has 5 nitrogen and oxygen atoms in total. The lowest BCUT2D eigenvalue weighted by molar-refractivity contribution is -0.150. The van der Waals surface area contributed by atoms with E-state index in [2.05, 4.69) is 0 Å². The van der Waals surface area contributed by atoms with Crippen molar-refractivity contribution in [1.82, 2.24) is 9.80 Å². The molecule has 0 aromatic heterocycles. The van der Waals surface area contributed by atoms with Gasteiger partial charge in [-0.2, -0.15) is 13.2 Å². The topological polar surface area (TPSA) is 60.9 Å². The summed E-state index contributed by atoms with van der Waals surface area (Å²) < 4.78 is 37.6. The summed E-state index contributed by atoms with van der Waals surface area (Å²) >= 11 is 0. The number of carbonyl (C=O) groups excluding carboxylic acids is 1. The van der Waals surface area contributed by atoms with Crippen LogP contribution in [0.2, 0.25) is 0 Å². The first-order valence-corrected chi connectivity index (χ1v) is 6.85. The van der Waals surface area contributed by atoms with E-state index in [0.717, 1.165) is 6.42 Å². The number of nitrogens with zero attached hydrogens (tertiary/aromatic N) is 2. The average molecular weight is 310 g/mol. The Morgan fingerprint density at radius 2 is 1.86 bits per heavy atom. The van der Waals surface area contributed by atoms with Crippen LogP contribution in [-0.4, -0.2) is 58.8 Å². The maximum absolute atomic E-state index is 12.5. The van der Waals surface area contributed by atoms with Gasteiger partial charge in [-0.25, -0.2) is 4.79 Å². The summed E-state index contributed by atoms with van der Waals surface area (Å²) in [4.78, 5) is 24.7. The van der Waals surface area contributed by atoms with Gasteiger partial charge < -0.3 is 14.9 Å². The Hall–Kier alpha value is -1.47. The van der Waals surface area contributed by atoms with Crippen molar-refractivity contribution < 1.29 is 27.9 Å². The van der Waals surface area contributed by atoms with Gasteiger partial charge in [0.15, 0.2) is 0 Å². The second kappa shape index (κ2) is 6.53. The Kier molecular flexibility index (Phi) is 5.47. The molecule has 0 aliphatic carbocycles. The highest BCUT2D eigenvalue weighted by Gasteiger charge is 2.39. The minimum Gasteiger partial charge on any atom is -0.480 e. The SMILES string of the molecule is CC1CC(C)C(C)N(C(=O)N(CC(=O)O)CC(F)(F)F)C1. The highest BCUT2D eigenvalue weighted by Crippen LogP contribution is 2.28. The number of carboxylic acid groups (broad SMARTS) is 1. The van der Waals surface area contributed by atoms with Crippen LogP contribution in [0.3, 0.4) is 0 Å². The number of amides is 2. The van der Waals surface area contributed by atoms with Crippen LogP contribution in [0, 0.1) is 11.8 Å². The number of hydrogen-bond acceptors (Lipinski definition) is 2. The highest BCUT2D eigenvalue weighted by atomic mass is 19.4. The number of rotatable bonds is 3. The maximum atomic E-state index is 12.5. The second-order valence-corrected chi connectivity index (χ2v) is 5.86. The largest absolute Gasteiger partial charge is 0.480 e. The van der Waals surface area contributed by atoms with Crippen LogP contribution in [0.1, 0.15) is 27.2 Å². The van der Waals surface area contributed by atoms with Gasteiger partial charge in [0.2, 0.25) is 0 Å². The molecule has 0 saturated carbocycles. The fourth-order valence-corrected chi connectivity index (χ4v) is 2.72. The Morgan fingerprint density at radius 1 is 1.29 bits per heavy atom. The molecule has 3 unspecified atom stereocenters. The van der Waals surface area contributed by atoms with Crippen molar-refractivity contribution in [2.45, 2.75) is 39.4 Å². The molecule has 8 heteroatoms. The van der Waals surface area contributed by atoms with Crippen molar-refractivity contribution in [2.75, 3.05) is 19.6 Å². The van der Waals surface area contributed by atoms with E-state index >= 15 is 0 Å². The molecule has 1 saturated heterocycles. The van der Waals surface area contributed by atoms with Gasteiger partial charge in [0.25, 0.3) is 0 Å². The number of likely N-dealkylation sites (tertiary alicyclic amines) is 1. The number of alkyl halides is 3. The predicted molar refractivity (Wildman–Crippen MR) is 69.8 cm³/mol. The second-order valence-electron chi connectivity index (χ2n) is 5.86. The summed E-state index contributed by atoms with van der Waals surface area (Å²) in [7, 11) is 0. The summed E-state index contributed by atoms with van der Waals surface area (Å²) in [5.74, 6) is -1.12. The molecule has 0 aromatic rings. The van der Waals surface area contributed by atoms with Crippen LogP contribution in [0.25, 0.3) is 0 Å². The van der Waals surface area contributed by atoms with Gasteiger partial charge in [0.05, 0.1) is 0 Å². The van der Waals surface area contributed by atoms with Crippen LogP contribution >= 0.6 is 0 Å². The fourth-order valence-electron chi connectivity index (χ4n) is 2.72. The first-order valence-electron chi connectivity index (χ1n) is 6.85. The lowest BCUT2D eigenvalue weighted by Gasteiger charge is -2.43. The van der Waals surface area contributed by atoms with E-state index in [1.165, 1.54) is 4.90 Å². The van der Waals surface area contributed by atoms with Crippen molar-refractivity contribution in [1.29, 1.82) is 0 Å².